The average Bonchev–Trinajstić information content (AvgIpc) is 2.36. The van der Waals surface area contributed by atoms with Crippen molar-refractivity contribution in [3.63, 3.8) is 0 Å². The van der Waals surface area contributed by atoms with Crippen LogP contribution in [0.2, 0.25) is 0 Å². The smallest absolute Gasteiger partial charge is 0.186 e. The highest BCUT2D eigenvalue weighted by atomic mass is 16.5. The largest absolute Gasteiger partial charge is 0.367 e. The van der Waals surface area contributed by atoms with Crippen molar-refractivity contribution in [2.75, 3.05) is 6.61 Å². The minimum absolute atomic E-state index is 0.00463. The molecule has 2 heteroatoms. The van der Waals surface area contributed by atoms with E-state index in [0.29, 0.717) is 6.61 Å². The molecule has 1 aliphatic rings. The zero-order chi connectivity index (χ0) is 7.61. The Kier molecular flexibility index (Phi) is 1.90. The van der Waals surface area contributed by atoms with Gasteiger partial charge in [-0.05, 0) is 25.8 Å². The quantitative estimate of drug-likeness (QED) is 0.540. The summed E-state index contributed by atoms with van der Waals surface area (Å²) in [5.41, 5.74) is -0.554. The van der Waals surface area contributed by atoms with Crippen LogP contribution in [0.3, 0.4) is 0 Å². The number of rotatable bonds is 2. The molecule has 1 heterocycles. The predicted octanol–water partition coefficient (Wildman–Crippen LogP) is 1.31. The van der Waals surface area contributed by atoms with Crippen molar-refractivity contribution in [3.05, 3.63) is 12.7 Å². The number of hydrogen-bond donors (Lipinski definition) is 0. The van der Waals surface area contributed by atoms with Gasteiger partial charge < -0.3 is 4.74 Å². The monoisotopic (exact) mass is 140 g/mol. The SMILES string of the molecule is C=CC(=O)C1(C)CCCO1. The van der Waals surface area contributed by atoms with E-state index < -0.39 is 5.60 Å². The molecule has 1 fully saturated rings. The van der Waals surface area contributed by atoms with Crippen LogP contribution in [0, 0.1) is 0 Å². The van der Waals surface area contributed by atoms with E-state index in [0.717, 1.165) is 12.8 Å². The first kappa shape index (κ1) is 7.48. The van der Waals surface area contributed by atoms with Crippen LogP contribution in [0.1, 0.15) is 19.8 Å². The van der Waals surface area contributed by atoms with E-state index in [-0.39, 0.29) is 5.78 Å². The second-order valence-corrected chi connectivity index (χ2v) is 2.75. The Balaban J connectivity index is 2.66. The van der Waals surface area contributed by atoms with Gasteiger partial charge in [0.2, 0.25) is 0 Å². The molecule has 0 aromatic heterocycles. The first-order chi connectivity index (χ1) is 4.69. The fourth-order valence-electron chi connectivity index (χ4n) is 1.19. The summed E-state index contributed by atoms with van der Waals surface area (Å²) in [6, 6.07) is 0. The maximum absolute atomic E-state index is 11.1. The molecule has 1 rings (SSSR count). The van der Waals surface area contributed by atoms with Crippen molar-refractivity contribution in [2.24, 2.45) is 0 Å². The van der Waals surface area contributed by atoms with Gasteiger partial charge in [-0.15, -0.1) is 0 Å². The molecule has 2 nitrogen and oxygen atoms in total. The summed E-state index contributed by atoms with van der Waals surface area (Å²) in [6.45, 7) is 5.95. The Morgan fingerprint density at radius 3 is 2.90 bits per heavy atom. The summed E-state index contributed by atoms with van der Waals surface area (Å²) < 4.78 is 5.27. The lowest BCUT2D eigenvalue weighted by atomic mass is 9.97. The van der Waals surface area contributed by atoms with Crippen molar-refractivity contribution in [3.8, 4) is 0 Å². The molecule has 1 unspecified atom stereocenters. The molecule has 10 heavy (non-hydrogen) atoms. The Bertz CT molecular complexity index is 155. The fourth-order valence-corrected chi connectivity index (χ4v) is 1.19. The van der Waals surface area contributed by atoms with Crippen LogP contribution >= 0.6 is 0 Å². The second kappa shape index (κ2) is 2.54. The molecule has 0 N–H and O–H groups in total. The molecule has 0 spiro atoms. The van der Waals surface area contributed by atoms with Gasteiger partial charge in [0.25, 0.3) is 0 Å². The third-order valence-corrected chi connectivity index (χ3v) is 1.93. The van der Waals surface area contributed by atoms with E-state index in [1.807, 2.05) is 6.92 Å². The highest BCUT2D eigenvalue weighted by molar-refractivity contribution is 5.96. The molecule has 0 radical (unpaired) electrons. The molecule has 1 atom stereocenters. The summed E-state index contributed by atoms with van der Waals surface area (Å²) in [4.78, 5) is 11.1. The van der Waals surface area contributed by atoms with Gasteiger partial charge in [0.15, 0.2) is 5.78 Å². The van der Waals surface area contributed by atoms with Crippen molar-refractivity contribution in [2.45, 2.75) is 25.4 Å². The summed E-state index contributed by atoms with van der Waals surface area (Å²) in [7, 11) is 0. The molecule has 0 aliphatic carbocycles. The molecule has 0 aromatic rings. The topological polar surface area (TPSA) is 26.3 Å². The highest BCUT2D eigenvalue weighted by Crippen LogP contribution is 2.25. The number of ether oxygens (including phenoxy) is 1. The standard InChI is InChI=1S/C8H12O2/c1-3-7(9)8(2)5-4-6-10-8/h3H,1,4-6H2,2H3. The zero-order valence-electron chi connectivity index (χ0n) is 6.22. The molecule has 1 aliphatic heterocycles. The molecule has 0 aromatic carbocycles. The summed E-state index contributed by atoms with van der Waals surface area (Å²) in [5.74, 6) is 0.00463. The van der Waals surface area contributed by atoms with Gasteiger partial charge in [-0.3, -0.25) is 4.79 Å². The van der Waals surface area contributed by atoms with Crippen LogP contribution in [0.5, 0.6) is 0 Å². The fraction of sp³-hybridized carbons (Fsp3) is 0.625. The van der Waals surface area contributed by atoms with Gasteiger partial charge in [0, 0.05) is 6.61 Å². The van der Waals surface area contributed by atoms with Gasteiger partial charge >= 0.3 is 0 Å². The van der Waals surface area contributed by atoms with Crippen molar-refractivity contribution >= 4 is 5.78 Å². The Labute approximate surface area is 60.9 Å². The predicted molar refractivity (Wildman–Crippen MR) is 38.8 cm³/mol. The molecular formula is C8H12O2. The molecule has 0 bridgehead atoms. The van der Waals surface area contributed by atoms with E-state index in [1.165, 1.54) is 6.08 Å². The summed E-state index contributed by atoms with van der Waals surface area (Å²) in [5, 5.41) is 0. The minimum atomic E-state index is -0.554. The van der Waals surface area contributed by atoms with Gasteiger partial charge in [0.05, 0.1) is 0 Å². The van der Waals surface area contributed by atoms with Gasteiger partial charge in [0.1, 0.15) is 5.60 Å². The minimum Gasteiger partial charge on any atom is -0.367 e. The number of carbonyl (C=O) groups is 1. The maximum atomic E-state index is 11.1. The van der Waals surface area contributed by atoms with Crippen molar-refractivity contribution in [1.29, 1.82) is 0 Å². The van der Waals surface area contributed by atoms with E-state index in [4.69, 9.17) is 4.74 Å². The van der Waals surface area contributed by atoms with E-state index in [9.17, 15) is 4.79 Å². The first-order valence-corrected chi connectivity index (χ1v) is 3.50. The highest BCUT2D eigenvalue weighted by Gasteiger charge is 2.35. The van der Waals surface area contributed by atoms with Crippen LogP contribution in [-0.2, 0) is 9.53 Å². The number of hydrogen-bond acceptors (Lipinski definition) is 2. The first-order valence-electron chi connectivity index (χ1n) is 3.50. The molecule has 56 valence electrons. The molecule has 0 amide bonds. The second-order valence-electron chi connectivity index (χ2n) is 2.75. The van der Waals surface area contributed by atoms with E-state index in [2.05, 4.69) is 6.58 Å². The van der Waals surface area contributed by atoms with Gasteiger partial charge in [-0.25, -0.2) is 0 Å². The summed E-state index contributed by atoms with van der Waals surface area (Å²) in [6.07, 6.45) is 3.15. The Morgan fingerprint density at radius 2 is 2.50 bits per heavy atom. The van der Waals surface area contributed by atoms with Crippen LogP contribution in [0.15, 0.2) is 12.7 Å². The maximum Gasteiger partial charge on any atom is 0.186 e. The van der Waals surface area contributed by atoms with E-state index in [1.54, 1.807) is 0 Å². The van der Waals surface area contributed by atoms with Crippen LogP contribution in [0.4, 0.5) is 0 Å². The average molecular weight is 140 g/mol. The Hall–Kier alpha value is -0.630. The lowest BCUT2D eigenvalue weighted by Crippen LogP contribution is -2.32. The Morgan fingerprint density at radius 1 is 1.80 bits per heavy atom. The number of carbonyl (C=O) groups excluding carboxylic acids is 1. The van der Waals surface area contributed by atoms with Crippen molar-refractivity contribution in [1.82, 2.24) is 0 Å². The van der Waals surface area contributed by atoms with Crippen molar-refractivity contribution < 1.29 is 9.53 Å². The van der Waals surface area contributed by atoms with Crippen LogP contribution in [0.25, 0.3) is 0 Å². The molecule has 1 saturated heterocycles. The molecular weight excluding hydrogens is 128 g/mol. The third-order valence-electron chi connectivity index (χ3n) is 1.93. The van der Waals surface area contributed by atoms with E-state index >= 15 is 0 Å². The lowest BCUT2D eigenvalue weighted by Gasteiger charge is -2.18. The normalized spacial score (nSPS) is 32.1. The molecule has 0 saturated carbocycles. The van der Waals surface area contributed by atoms with Gasteiger partial charge in [-0.2, -0.15) is 0 Å². The summed E-state index contributed by atoms with van der Waals surface area (Å²) >= 11 is 0. The number of ketones is 1. The zero-order valence-corrected chi connectivity index (χ0v) is 6.22. The van der Waals surface area contributed by atoms with Crippen LogP contribution < -0.4 is 0 Å². The van der Waals surface area contributed by atoms with Crippen LogP contribution in [-0.4, -0.2) is 18.0 Å². The third kappa shape index (κ3) is 1.12. The lowest BCUT2D eigenvalue weighted by molar-refractivity contribution is -0.131. The van der Waals surface area contributed by atoms with Gasteiger partial charge in [-0.1, -0.05) is 6.58 Å².